The van der Waals surface area contributed by atoms with Gasteiger partial charge in [0.15, 0.2) is 0 Å². The monoisotopic (exact) mass is 261 g/mol. The summed E-state index contributed by atoms with van der Waals surface area (Å²) in [4.78, 5) is 13.5. The Kier molecular flexibility index (Phi) is 3.93. The normalized spacial score (nSPS) is 12.5. The van der Waals surface area contributed by atoms with E-state index in [0.717, 1.165) is 0 Å². The Labute approximate surface area is 90.5 Å². The Morgan fingerprint density at radius 2 is 2.38 bits per heavy atom. The van der Waals surface area contributed by atoms with Crippen molar-refractivity contribution in [1.82, 2.24) is 5.32 Å². The van der Waals surface area contributed by atoms with E-state index in [9.17, 15) is 4.79 Å². The van der Waals surface area contributed by atoms with Gasteiger partial charge < -0.3 is 5.32 Å². The van der Waals surface area contributed by atoms with Crippen LogP contribution in [-0.4, -0.2) is 11.2 Å². The molecule has 0 aliphatic rings. The highest BCUT2D eigenvalue weighted by Crippen LogP contribution is 2.21. The van der Waals surface area contributed by atoms with Crippen molar-refractivity contribution in [3.63, 3.8) is 0 Å². The first-order valence-corrected chi connectivity index (χ1v) is 5.99. The quantitative estimate of drug-likeness (QED) is 0.833. The SMILES string of the molecule is Cc1ccc(C(C)NC(=O)CBr)s1. The molecule has 0 bridgehead atoms. The molecule has 1 heterocycles. The second-order valence-electron chi connectivity index (χ2n) is 2.87. The average Bonchev–Trinajstić information content (AvgIpc) is 2.51. The third-order valence-corrected chi connectivity index (χ3v) is 3.38. The minimum atomic E-state index is 0.0264. The van der Waals surface area contributed by atoms with Crippen LogP contribution in [0.4, 0.5) is 0 Å². The molecule has 0 saturated heterocycles. The number of nitrogens with one attached hydrogen (secondary N) is 1. The maximum Gasteiger partial charge on any atom is 0.231 e. The van der Waals surface area contributed by atoms with Crippen LogP contribution in [0.15, 0.2) is 12.1 Å². The summed E-state index contributed by atoms with van der Waals surface area (Å²) in [5.74, 6) is 0.0264. The van der Waals surface area contributed by atoms with Crippen molar-refractivity contribution < 1.29 is 4.79 Å². The van der Waals surface area contributed by atoms with Gasteiger partial charge >= 0.3 is 0 Å². The molecular formula is C9H12BrNOS. The lowest BCUT2D eigenvalue weighted by Gasteiger charge is -2.10. The number of carbonyl (C=O) groups is 1. The molecule has 1 rings (SSSR count). The standard InChI is InChI=1S/C9H12BrNOS/c1-6-3-4-8(13-6)7(2)11-9(12)5-10/h3-4,7H,5H2,1-2H3,(H,11,12). The zero-order chi connectivity index (χ0) is 9.84. The first-order chi connectivity index (χ1) is 6.13. The maximum atomic E-state index is 11.0. The summed E-state index contributed by atoms with van der Waals surface area (Å²) in [6.45, 7) is 4.05. The van der Waals surface area contributed by atoms with Gasteiger partial charge in [-0.05, 0) is 26.0 Å². The van der Waals surface area contributed by atoms with Gasteiger partial charge in [0.25, 0.3) is 0 Å². The lowest BCUT2D eigenvalue weighted by atomic mass is 10.3. The zero-order valence-electron chi connectivity index (χ0n) is 7.63. The Bertz CT molecular complexity index is 298. The molecule has 1 aromatic rings. The fourth-order valence-electron chi connectivity index (χ4n) is 1.04. The number of halogens is 1. The highest BCUT2D eigenvalue weighted by molar-refractivity contribution is 9.09. The Morgan fingerprint density at radius 3 is 2.85 bits per heavy atom. The molecule has 0 fully saturated rings. The van der Waals surface area contributed by atoms with Crippen LogP contribution in [-0.2, 0) is 4.79 Å². The van der Waals surface area contributed by atoms with Gasteiger partial charge in [-0.25, -0.2) is 0 Å². The van der Waals surface area contributed by atoms with Gasteiger partial charge in [-0.15, -0.1) is 11.3 Å². The smallest absolute Gasteiger partial charge is 0.231 e. The molecule has 1 aromatic heterocycles. The Hall–Kier alpha value is -0.350. The largest absolute Gasteiger partial charge is 0.348 e. The molecule has 0 spiro atoms. The highest BCUT2D eigenvalue weighted by Gasteiger charge is 2.09. The van der Waals surface area contributed by atoms with Crippen LogP contribution >= 0.6 is 27.3 Å². The fraction of sp³-hybridized carbons (Fsp3) is 0.444. The van der Waals surface area contributed by atoms with Crippen molar-refractivity contribution in [2.45, 2.75) is 19.9 Å². The van der Waals surface area contributed by atoms with E-state index >= 15 is 0 Å². The third-order valence-electron chi connectivity index (χ3n) is 1.69. The Morgan fingerprint density at radius 1 is 1.69 bits per heavy atom. The van der Waals surface area contributed by atoms with Crippen molar-refractivity contribution in [1.29, 1.82) is 0 Å². The number of carbonyl (C=O) groups excluding carboxylic acids is 1. The number of alkyl halides is 1. The van der Waals surface area contributed by atoms with Crippen LogP contribution in [0.2, 0.25) is 0 Å². The van der Waals surface area contributed by atoms with Crippen LogP contribution in [0.25, 0.3) is 0 Å². The van der Waals surface area contributed by atoms with Crippen LogP contribution in [0.1, 0.15) is 22.7 Å². The van der Waals surface area contributed by atoms with Gasteiger partial charge in [-0.2, -0.15) is 0 Å². The zero-order valence-corrected chi connectivity index (χ0v) is 10.0. The van der Waals surface area contributed by atoms with E-state index in [-0.39, 0.29) is 11.9 Å². The molecule has 0 saturated carbocycles. The van der Waals surface area contributed by atoms with Crippen LogP contribution in [0.5, 0.6) is 0 Å². The second-order valence-corrected chi connectivity index (χ2v) is 4.75. The number of hydrogen-bond donors (Lipinski definition) is 1. The molecular weight excluding hydrogens is 250 g/mol. The summed E-state index contributed by atoms with van der Waals surface area (Å²) >= 11 is 4.83. The van der Waals surface area contributed by atoms with E-state index in [1.54, 1.807) is 11.3 Å². The molecule has 1 atom stereocenters. The number of aryl methyl sites for hydroxylation is 1. The van der Waals surface area contributed by atoms with E-state index in [4.69, 9.17) is 0 Å². The van der Waals surface area contributed by atoms with E-state index in [1.165, 1.54) is 9.75 Å². The molecule has 2 nitrogen and oxygen atoms in total. The molecule has 1 amide bonds. The summed E-state index contributed by atoms with van der Waals surface area (Å²) < 4.78 is 0. The highest BCUT2D eigenvalue weighted by atomic mass is 79.9. The summed E-state index contributed by atoms with van der Waals surface area (Å²) in [5, 5.41) is 3.25. The van der Waals surface area contributed by atoms with E-state index in [1.807, 2.05) is 6.92 Å². The second kappa shape index (κ2) is 4.77. The maximum absolute atomic E-state index is 11.0. The molecule has 72 valence electrons. The summed E-state index contributed by atoms with van der Waals surface area (Å²) in [6.07, 6.45) is 0. The number of thiophene rings is 1. The predicted molar refractivity (Wildman–Crippen MR) is 59.4 cm³/mol. The lowest BCUT2D eigenvalue weighted by molar-refractivity contribution is -0.119. The van der Waals surface area contributed by atoms with Crippen molar-refractivity contribution in [2.24, 2.45) is 0 Å². The molecule has 0 aliphatic heterocycles. The van der Waals surface area contributed by atoms with Gasteiger partial charge in [0.05, 0.1) is 11.4 Å². The average molecular weight is 262 g/mol. The number of hydrogen-bond acceptors (Lipinski definition) is 2. The fourth-order valence-corrected chi connectivity index (χ4v) is 2.08. The first-order valence-electron chi connectivity index (χ1n) is 4.05. The molecule has 0 aliphatic carbocycles. The topological polar surface area (TPSA) is 29.1 Å². The summed E-state index contributed by atoms with van der Waals surface area (Å²) in [5.41, 5.74) is 0. The first kappa shape index (κ1) is 10.7. The molecule has 4 heteroatoms. The summed E-state index contributed by atoms with van der Waals surface area (Å²) in [7, 11) is 0. The molecule has 1 N–H and O–H groups in total. The van der Waals surface area contributed by atoms with Gasteiger partial charge in [0.1, 0.15) is 0 Å². The molecule has 0 aromatic carbocycles. The van der Waals surface area contributed by atoms with Gasteiger partial charge in [-0.1, -0.05) is 15.9 Å². The number of rotatable bonds is 3. The van der Waals surface area contributed by atoms with E-state index in [2.05, 4.69) is 40.3 Å². The third kappa shape index (κ3) is 3.12. The molecule has 13 heavy (non-hydrogen) atoms. The Balaban J connectivity index is 2.58. The molecule has 1 unspecified atom stereocenters. The summed E-state index contributed by atoms with van der Waals surface area (Å²) in [6, 6.07) is 4.24. The van der Waals surface area contributed by atoms with Crippen LogP contribution < -0.4 is 5.32 Å². The predicted octanol–water partition coefficient (Wildman–Crippen LogP) is 2.63. The van der Waals surface area contributed by atoms with Crippen molar-refractivity contribution in [2.75, 3.05) is 5.33 Å². The molecule has 0 radical (unpaired) electrons. The van der Waals surface area contributed by atoms with Crippen molar-refractivity contribution >= 4 is 33.2 Å². The van der Waals surface area contributed by atoms with E-state index in [0.29, 0.717) is 5.33 Å². The van der Waals surface area contributed by atoms with Crippen LogP contribution in [0.3, 0.4) is 0 Å². The van der Waals surface area contributed by atoms with Gasteiger partial charge in [0.2, 0.25) is 5.91 Å². The van der Waals surface area contributed by atoms with Crippen molar-refractivity contribution in [3.05, 3.63) is 21.9 Å². The number of amides is 1. The van der Waals surface area contributed by atoms with Gasteiger partial charge in [0, 0.05) is 9.75 Å². The van der Waals surface area contributed by atoms with E-state index < -0.39 is 0 Å². The van der Waals surface area contributed by atoms with Crippen molar-refractivity contribution in [3.8, 4) is 0 Å². The minimum absolute atomic E-state index is 0.0264. The minimum Gasteiger partial charge on any atom is -0.348 e. The van der Waals surface area contributed by atoms with Gasteiger partial charge in [-0.3, -0.25) is 4.79 Å². The van der Waals surface area contributed by atoms with Crippen LogP contribution in [0, 0.1) is 6.92 Å². The lowest BCUT2D eigenvalue weighted by Crippen LogP contribution is -2.26.